The highest BCUT2D eigenvalue weighted by Crippen LogP contribution is 2.40. The van der Waals surface area contributed by atoms with E-state index in [9.17, 15) is 19.5 Å². The van der Waals surface area contributed by atoms with Crippen molar-refractivity contribution in [3.63, 3.8) is 0 Å². The first-order valence-electron chi connectivity index (χ1n) is 12.4. The number of fused-ring (bicyclic) bond motifs is 1. The zero-order chi connectivity index (χ0) is 22.4. The molecular formula is C24H40N2O5. The molecule has 0 spiro atoms. The normalized spacial score (nSPS) is 28.6. The number of nitrogens with one attached hydrogen (secondary N) is 1. The summed E-state index contributed by atoms with van der Waals surface area (Å²) in [5.41, 5.74) is 0. The Morgan fingerprint density at radius 2 is 1.74 bits per heavy atom. The molecule has 7 heteroatoms. The third kappa shape index (κ3) is 5.99. The highest BCUT2D eigenvalue weighted by Gasteiger charge is 2.48. The predicted molar refractivity (Wildman–Crippen MR) is 117 cm³/mol. The maximum Gasteiger partial charge on any atom is 0.326 e. The molecule has 3 fully saturated rings. The molecule has 0 aromatic heterocycles. The molecule has 176 valence electrons. The number of carboxylic acid groups (broad SMARTS) is 1. The Morgan fingerprint density at radius 1 is 1.06 bits per heavy atom. The molecule has 1 saturated heterocycles. The van der Waals surface area contributed by atoms with Crippen molar-refractivity contribution in [1.29, 1.82) is 0 Å². The van der Waals surface area contributed by atoms with E-state index in [1.54, 1.807) is 18.7 Å². The van der Waals surface area contributed by atoms with Crippen LogP contribution in [0, 0.1) is 11.8 Å². The van der Waals surface area contributed by atoms with Crippen LogP contribution in [-0.4, -0.2) is 58.6 Å². The number of amides is 1. The van der Waals surface area contributed by atoms with E-state index < -0.39 is 24.1 Å². The van der Waals surface area contributed by atoms with Crippen molar-refractivity contribution in [3.8, 4) is 0 Å². The Bertz CT molecular complexity index is 633. The van der Waals surface area contributed by atoms with Gasteiger partial charge in [-0.1, -0.05) is 44.9 Å². The van der Waals surface area contributed by atoms with Crippen LogP contribution in [0.1, 0.15) is 90.9 Å². The largest absolute Gasteiger partial charge is 0.480 e. The second-order valence-electron chi connectivity index (χ2n) is 9.72. The van der Waals surface area contributed by atoms with E-state index in [1.165, 1.54) is 32.1 Å². The van der Waals surface area contributed by atoms with Gasteiger partial charge in [-0.3, -0.25) is 14.9 Å². The predicted octanol–water partition coefficient (Wildman–Crippen LogP) is 3.50. The van der Waals surface area contributed by atoms with Gasteiger partial charge in [0.2, 0.25) is 5.91 Å². The van der Waals surface area contributed by atoms with Gasteiger partial charge in [0.25, 0.3) is 0 Å². The Balaban J connectivity index is 1.65. The van der Waals surface area contributed by atoms with Crippen molar-refractivity contribution in [3.05, 3.63) is 0 Å². The molecule has 2 saturated carbocycles. The number of carbonyl (C=O) groups excluding carboxylic acids is 2. The minimum atomic E-state index is -0.922. The highest BCUT2D eigenvalue weighted by atomic mass is 16.5. The van der Waals surface area contributed by atoms with Gasteiger partial charge in [0, 0.05) is 6.04 Å². The molecule has 1 unspecified atom stereocenters. The lowest BCUT2D eigenvalue weighted by molar-refractivity contribution is -0.152. The summed E-state index contributed by atoms with van der Waals surface area (Å²) in [6, 6.07) is -1.90. The van der Waals surface area contributed by atoms with Crippen molar-refractivity contribution in [2.24, 2.45) is 11.8 Å². The lowest BCUT2D eigenvalue weighted by atomic mass is 9.84. The molecule has 1 aliphatic heterocycles. The summed E-state index contributed by atoms with van der Waals surface area (Å²) in [7, 11) is 0. The first kappa shape index (κ1) is 24.0. The van der Waals surface area contributed by atoms with Crippen LogP contribution in [-0.2, 0) is 19.1 Å². The molecule has 0 aromatic rings. The second-order valence-corrected chi connectivity index (χ2v) is 9.72. The van der Waals surface area contributed by atoms with E-state index in [2.05, 4.69) is 5.32 Å². The van der Waals surface area contributed by atoms with Gasteiger partial charge in [-0.2, -0.15) is 0 Å². The van der Waals surface area contributed by atoms with Crippen molar-refractivity contribution in [1.82, 2.24) is 10.2 Å². The van der Waals surface area contributed by atoms with Crippen LogP contribution in [0.25, 0.3) is 0 Å². The molecule has 31 heavy (non-hydrogen) atoms. The molecule has 3 rings (SSSR count). The second kappa shape index (κ2) is 11.3. The van der Waals surface area contributed by atoms with Crippen molar-refractivity contribution in [2.75, 3.05) is 6.61 Å². The Hall–Kier alpha value is -1.63. The smallest absolute Gasteiger partial charge is 0.326 e. The fourth-order valence-electron chi connectivity index (χ4n) is 5.98. The number of carboxylic acids is 1. The van der Waals surface area contributed by atoms with Crippen LogP contribution in [0.5, 0.6) is 0 Å². The lowest BCUT2D eigenvalue weighted by Gasteiger charge is -2.35. The summed E-state index contributed by atoms with van der Waals surface area (Å²) in [5.74, 6) is -0.526. The Kier molecular flexibility index (Phi) is 8.76. The molecule has 0 bridgehead atoms. The van der Waals surface area contributed by atoms with E-state index in [4.69, 9.17) is 4.74 Å². The maximum absolute atomic E-state index is 13.4. The molecule has 1 heterocycles. The van der Waals surface area contributed by atoms with Crippen molar-refractivity contribution < 1.29 is 24.2 Å². The summed E-state index contributed by atoms with van der Waals surface area (Å²) < 4.78 is 5.27. The topological polar surface area (TPSA) is 95.9 Å². The van der Waals surface area contributed by atoms with Gasteiger partial charge < -0.3 is 14.7 Å². The van der Waals surface area contributed by atoms with Gasteiger partial charge in [0.15, 0.2) is 0 Å². The third-order valence-corrected chi connectivity index (χ3v) is 7.61. The number of nitrogens with zero attached hydrogens (tertiary/aromatic N) is 1. The van der Waals surface area contributed by atoms with Crippen molar-refractivity contribution in [2.45, 2.75) is 115 Å². The first-order chi connectivity index (χ1) is 14.9. The SMILES string of the molecule is CCOC(=O)C(CCC1CCCCC1)N[C@@H](C)C(=O)N1[C@H](C(=O)O)C[C@@H]2CCCC[C@@H]21. The standard InChI is InChI=1S/C24H40N2O5/c1-3-31-24(30)19(14-13-17-9-5-4-6-10-17)25-16(2)22(27)26-20-12-8-7-11-18(20)15-21(26)23(28)29/h16-21,25H,3-15H2,1-2H3,(H,28,29)/t16-,18-,19?,20-,21-/m0/s1. The number of ether oxygens (including phenoxy) is 1. The molecule has 2 N–H and O–H groups in total. The summed E-state index contributed by atoms with van der Waals surface area (Å²) >= 11 is 0. The minimum Gasteiger partial charge on any atom is -0.480 e. The molecule has 7 nitrogen and oxygen atoms in total. The van der Waals surface area contributed by atoms with Gasteiger partial charge in [-0.05, 0) is 57.8 Å². The van der Waals surface area contributed by atoms with E-state index in [1.807, 2.05) is 0 Å². The van der Waals surface area contributed by atoms with Crippen molar-refractivity contribution >= 4 is 17.8 Å². The molecular weight excluding hydrogens is 396 g/mol. The number of esters is 1. The van der Waals surface area contributed by atoms with E-state index in [0.717, 1.165) is 32.1 Å². The summed E-state index contributed by atoms with van der Waals surface area (Å²) in [5, 5.41) is 13.0. The average molecular weight is 437 g/mol. The number of hydrogen-bond donors (Lipinski definition) is 2. The van der Waals surface area contributed by atoms with Gasteiger partial charge in [-0.15, -0.1) is 0 Å². The average Bonchev–Trinajstić information content (AvgIpc) is 3.16. The summed E-state index contributed by atoms with van der Waals surface area (Å²) in [6.45, 7) is 3.85. The van der Waals surface area contributed by atoms with Crippen LogP contribution >= 0.6 is 0 Å². The van der Waals surface area contributed by atoms with Crippen LogP contribution < -0.4 is 5.32 Å². The van der Waals surface area contributed by atoms with Crippen LogP contribution in [0.3, 0.4) is 0 Å². The third-order valence-electron chi connectivity index (χ3n) is 7.61. The lowest BCUT2D eigenvalue weighted by Crippen LogP contribution is -2.55. The fraction of sp³-hybridized carbons (Fsp3) is 0.875. The monoisotopic (exact) mass is 436 g/mol. The van der Waals surface area contributed by atoms with E-state index >= 15 is 0 Å². The van der Waals surface area contributed by atoms with Gasteiger partial charge in [0.05, 0.1) is 12.6 Å². The number of rotatable bonds is 9. The number of carbonyl (C=O) groups is 3. The fourth-order valence-corrected chi connectivity index (χ4v) is 5.98. The van der Waals surface area contributed by atoms with Crippen LogP contribution in [0.4, 0.5) is 0 Å². The van der Waals surface area contributed by atoms with E-state index in [-0.39, 0.29) is 23.8 Å². The van der Waals surface area contributed by atoms with E-state index in [0.29, 0.717) is 25.4 Å². The first-order valence-corrected chi connectivity index (χ1v) is 12.4. The molecule has 5 atom stereocenters. The van der Waals surface area contributed by atoms with Crippen LogP contribution in [0.2, 0.25) is 0 Å². The van der Waals surface area contributed by atoms with Gasteiger partial charge >= 0.3 is 11.9 Å². The Labute approximate surface area is 186 Å². The number of likely N-dealkylation sites (tertiary alicyclic amines) is 1. The minimum absolute atomic E-state index is 0.00915. The summed E-state index contributed by atoms with van der Waals surface area (Å²) in [6.07, 6.45) is 12.4. The zero-order valence-electron chi connectivity index (χ0n) is 19.2. The number of aliphatic carboxylic acids is 1. The molecule has 0 radical (unpaired) electrons. The Morgan fingerprint density at radius 3 is 2.42 bits per heavy atom. The zero-order valence-corrected chi connectivity index (χ0v) is 19.2. The highest BCUT2D eigenvalue weighted by molar-refractivity contribution is 5.88. The molecule has 3 aliphatic rings. The van der Waals surface area contributed by atoms with Gasteiger partial charge in [0.1, 0.15) is 12.1 Å². The van der Waals surface area contributed by atoms with Gasteiger partial charge in [-0.25, -0.2) is 4.79 Å². The molecule has 1 amide bonds. The molecule has 2 aliphatic carbocycles. The number of hydrogen-bond acceptors (Lipinski definition) is 5. The summed E-state index contributed by atoms with van der Waals surface area (Å²) in [4.78, 5) is 39.5. The van der Waals surface area contributed by atoms with Crippen LogP contribution in [0.15, 0.2) is 0 Å². The molecule has 0 aromatic carbocycles. The quantitative estimate of drug-likeness (QED) is 0.537. The maximum atomic E-state index is 13.4.